The van der Waals surface area contributed by atoms with Crippen LogP contribution in [0.1, 0.15) is 5.56 Å². The van der Waals surface area contributed by atoms with Gasteiger partial charge in [-0.25, -0.2) is 9.97 Å². The van der Waals surface area contributed by atoms with Crippen molar-refractivity contribution in [3.8, 4) is 11.4 Å². The van der Waals surface area contributed by atoms with E-state index in [1.165, 1.54) is 5.57 Å². The van der Waals surface area contributed by atoms with E-state index in [2.05, 4.69) is 48.3 Å². The van der Waals surface area contributed by atoms with Gasteiger partial charge in [0.25, 0.3) is 0 Å². The van der Waals surface area contributed by atoms with Crippen LogP contribution in [0.25, 0.3) is 27.9 Å². The van der Waals surface area contributed by atoms with E-state index >= 15 is 0 Å². The molecule has 1 fully saturated rings. The van der Waals surface area contributed by atoms with Crippen molar-refractivity contribution in [2.75, 3.05) is 31.1 Å². The maximum Gasteiger partial charge on any atom is 0.163 e. The number of nitrogens with zero attached hydrogens (tertiary/aromatic N) is 5. The minimum atomic E-state index is 0.683. The van der Waals surface area contributed by atoms with Crippen molar-refractivity contribution in [1.29, 1.82) is 0 Å². The van der Waals surface area contributed by atoms with Gasteiger partial charge in [0.1, 0.15) is 5.82 Å². The van der Waals surface area contributed by atoms with Gasteiger partial charge in [0, 0.05) is 60.4 Å². The summed E-state index contributed by atoms with van der Waals surface area (Å²) in [5.74, 6) is 1.65. The smallest absolute Gasteiger partial charge is 0.163 e. The molecule has 6 nitrogen and oxygen atoms in total. The minimum absolute atomic E-state index is 0.683. The highest BCUT2D eigenvalue weighted by atomic mass is 79.9. The van der Waals surface area contributed by atoms with E-state index in [0.717, 1.165) is 58.5 Å². The van der Waals surface area contributed by atoms with Gasteiger partial charge >= 0.3 is 0 Å². The quantitative estimate of drug-likeness (QED) is 0.701. The van der Waals surface area contributed by atoms with Crippen molar-refractivity contribution in [2.24, 2.45) is 0 Å². The average molecular weight is 421 g/mol. The number of nitrogens with one attached hydrogen (secondary N) is 1. The fourth-order valence-corrected chi connectivity index (χ4v) is 3.87. The number of aromatic nitrogens is 4. The Morgan fingerprint density at radius 2 is 1.85 bits per heavy atom. The lowest BCUT2D eigenvalue weighted by Gasteiger charge is -2.30. The van der Waals surface area contributed by atoms with Crippen molar-refractivity contribution in [3.05, 3.63) is 59.1 Å². The maximum absolute atomic E-state index is 5.01. The van der Waals surface area contributed by atoms with Crippen LogP contribution in [0.15, 0.2) is 53.6 Å². The molecule has 0 spiro atoms. The number of anilines is 1. The molecule has 3 aromatic heterocycles. The Morgan fingerprint density at radius 3 is 2.59 bits per heavy atom. The highest BCUT2D eigenvalue weighted by Gasteiger charge is 2.22. The molecule has 134 valence electrons. The fraction of sp³-hybridized carbons (Fsp3) is 0.200. The Morgan fingerprint density at radius 1 is 1.00 bits per heavy atom. The van der Waals surface area contributed by atoms with E-state index in [9.17, 15) is 0 Å². The van der Waals surface area contributed by atoms with E-state index in [4.69, 9.17) is 9.97 Å². The van der Waals surface area contributed by atoms with Crippen molar-refractivity contribution in [3.63, 3.8) is 0 Å². The molecule has 0 aromatic carbocycles. The molecule has 1 N–H and O–H groups in total. The van der Waals surface area contributed by atoms with Crippen LogP contribution in [0, 0.1) is 0 Å². The second-order valence-electron chi connectivity index (χ2n) is 6.53. The Hall–Kier alpha value is -2.64. The van der Waals surface area contributed by atoms with Crippen LogP contribution >= 0.6 is 15.9 Å². The van der Waals surface area contributed by atoms with Crippen molar-refractivity contribution < 1.29 is 0 Å². The van der Waals surface area contributed by atoms with Gasteiger partial charge in [-0.2, -0.15) is 0 Å². The standard InChI is InChI=1S/C20H17BrN6/c21-16-11-23-5-4-14(16)19-25-17-12-24-10-15(13-2-1-3-13)18(17)20(26-19)27-8-6-22-7-9-27/h1-5,10-12,22H,6-9H2. The number of fused-ring (bicyclic) bond motifs is 1. The van der Waals surface area contributed by atoms with E-state index < -0.39 is 0 Å². The van der Waals surface area contributed by atoms with E-state index in [-0.39, 0.29) is 0 Å². The topological polar surface area (TPSA) is 66.8 Å². The van der Waals surface area contributed by atoms with Crippen LogP contribution in [-0.4, -0.2) is 46.1 Å². The molecular weight excluding hydrogens is 404 g/mol. The van der Waals surface area contributed by atoms with Crippen LogP contribution in [0.3, 0.4) is 0 Å². The molecule has 0 amide bonds. The molecule has 1 saturated heterocycles. The molecule has 0 bridgehead atoms. The molecule has 0 unspecified atom stereocenters. The summed E-state index contributed by atoms with van der Waals surface area (Å²) >= 11 is 3.58. The van der Waals surface area contributed by atoms with Crippen LogP contribution in [0.4, 0.5) is 5.82 Å². The number of rotatable bonds is 3. The molecule has 0 saturated carbocycles. The highest BCUT2D eigenvalue weighted by molar-refractivity contribution is 9.10. The van der Waals surface area contributed by atoms with Gasteiger partial charge in [0.05, 0.1) is 17.1 Å². The summed E-state index contributed by atoms with van der Waals surface area (Å²) in [5, 5.41) is 4.48. The fourth-order valence-electron chi connectivity index (χ4n) is 3.44. The van der Waals surface area contributed by atoms with Gasteiger partial charge < -0.3 is 10.2 Å². The zero-order chi connectivity index (χ0) is 18.2. The van der Waals surface area contributed by atoms with Crippen molar-refractivity contribution in [1.82, 2.24) is 25.3 Å². The lowest BCUT2D eigenvalue weighted by Crippen LogP contribution is -2.44. The molecule has 3 aromatic rings. The maximum atomic E-state index is 5.01. The largest absolute Gasteiger partial charge is 0.353 e. The lowest BCUT2D eigenvalue weighted by atomic mass is 9.97. The minimum Gasteiger partial charge on any atom is -0.353 e. The monoisotopic (exact) mass is 420 g/mol. The summed E-state index contributed by atoms with van der Waals surface area (Å²) in [7, 11) is 0. The van der Waals surface area contributed by atoms with Crippen LogP contribution in [0.5, 0.6) is 0 Å². The molecule has 27 heavy (non-hydrogen) atoms. The summed E-state index contributed by atoms with van der Waals surface area (Å²) in [4.78, 5) is 20.8. The number of halogens is 1. The number of hydrogen-bond acceptors (Lipinski definition) is 6. The molecule has 0 radical (unpaired) electrons. The zero-order valence-electron chi connectivity index (χ0n) is 14.6. The number of piperazine rings is 1. The summed E-state index contributed by atoms with van der Waals surface area (Å²) < 4.78 is 0.879. The lowest BCUT2D eigenvalue weighted by molar-refractivity contribution is 0.586. The molecule has 4 heterocycles. The molecule has 1 aliphatic carbocycles. The van der Waals surface area contributed by atoms with Gasteiger partial charge in [0.2, 0.25) is 0 Å². The first-order chi connectivity index (χ1) is 13.3. The second kappa shape index (κ2) is 6.83. The average Bonchev–Trinajstić information content (AvgIpc) is 2.67. The van der Waals surface area contributed by atoms with Gasteiger partial charge in [-0.15, -0.1) is 0 Å². The first-order valence-electron chi connectivity index (χ1n) is 8.91. The van der Waals surface area contributed by atoms with Gasteiger partial charge in [-0.05, 0) is 27.6 Å². The molecule has 0 atom stereocenters. The number of allylic oxidation sites excluding steroid dienone is 4. The van der Waals surface area contributed by atoms with Crippen LogP contribution in [0.2, 0.25) is 0 Å². The Labute approximate surface area is 165 Å². The predicted octanol–water partition coefficient (Wildman–Crippen LogP) is 3.21. The molecule has 7 heteroatoms. The first kappa shape index (κ1) is 16.5. The molecule has 1 aliphatic heterocycles. The SMILES string of the molecule is Brc1cnccc1-c1nc(N2CCNCC2)c2c(C3=CC=C3)cncc2n1. The molecule has 2 aliphatic rings. The zero-order valence-corrected chi connectivity index (χ0v) is 16.1. The summed E-state index contributed by atoms with van der Waals surface area (Å²) in [6.07, 6.45) is 13.5. The van der Waals surface area contributed by atoms with Gasteiger partial charge in [0.15, 0.2) is 5.82 Å². The third kappa shape index (κ3) is 2.93. The Balaban J connectivity index is 1.77. The van der Waals surface area contributed by atoms with E-state index in [0.29, 0.717) is 5.82 Å². The highest BCUT2D eigenvalue weighted by Crippen LogP contribution is 2.36. The van der Waals surface area contributed by atoms with Crippen LogP contribution in [-0.2, 0) is 0 Å². The van der Waals surface area contributed by atoms with Gasteiger partial charge in [-0.1, -0.05) is 18.2 Å². The summed E-state index contributed by atoms with van der Waals surface area (Å²) in [6.45, 7) is 3.73. The summed E-state index contributed by atoms with van der Waals surface area (Å²) in [5.41, 5.74) is 4.04. The third-order valence-electron chi connectivity index (χ3n) is 4.88. The second-order valence-corrected chi connectivity index (χ2v) is 7.38. The first-order valence-corrected chi connectivity index (χ1v) is 9.70. The third-order valence-corrected chi connectivity index (χ3v) is 5.51. The number of pyridine rings is 2. The summed E-state index contributed by atoms with van der Waals surface area (Å²) in [6, 6.07) is 1.93. The van der Waals surface area contributed by atoms with Crippen molar-refractivity contribution in [2.45, 2.75) is 0 Å². The Bertz CT molecular complexity index is 1090. The van der Waals surface area contributed by atoms with Crippen molar-refractivity contribution >= 4 is 38.2 Å². The van der Waals surface area contributed by atoms with Crippen LogP contribution < -0.4 is 10.2 Å². The molecular formula is C20H17BrN6. The van der Waals surface area contributed by atoms with E-state index in [1.54, 1.807) is 12.4 Å². The predicted molar refractivity (Wildman–Crippen MR) is 110 cm³/mol. The molecule has 5 rings (SSSR count). The Kier molecular flexibility index (Phi) is 4.18. The normalized spacial score (nSPS) is 16.3. The number of hydrogen-bond donors (Lipinski definition) is 1. The van der Waals surface area contributed by atoms with Gasteiger partial charge in [-0.3, -0.25) is 9.97 Å². The van der Waals surface area contributed by atoms with E-state index in [1.807, 2.05) is 24.5 Å².